The minimum atomic E-state index is -0.943. The minimum Gasteiger partial charge on any atom is -0.872 e. The van der Waals surface area contributed by atoms with Gasteiger partial charge in [-0.1, -0.05) is 76.8 Å². The SMILES string of the molecule is CCCCCCCCCCCCc1cc([O-])ccc1C(=O)O.[K+]. The first kappa shape index (κ1) is 23.1. The average Bonchev–Trinajstić information content (AvgIpc) is 2.49. The Labute approximate surface area is 183 Å². The van der Waals surface area contributed by atoms with Crippen LogP contribution in [0.2, 0.25) is 0 Å². The summed E-state index contributed by atoms with van der Waals surface area (Å²) in [5.41, 5.74) is 0.954. The van der Waals surface area contributed by atoms with Gasteiger partial charge in [0, 0.05) is 0 Å². The summed E-state index contributed by atoms with van der Waals surface area (Å²) in [4.78, 5) is 11.1. The standard InChI is InChI=1S/C19H30O3.K/c1-2-3-4-5-6-7-8-9-10-11-12-16-15-17(20)13-14-18(16)19(21)22;/h13-15,20H,2-12H2,1H3,(H,21,22);/q;+1/p-1. The van der Waals surface area contributed by atoms with Crippen LogP contribution in [0, 0.1) is 0 Å². The van der Waals surface area contributed by atoms with Gasteiger partial charge in [-0.2, -0.15) is 0 Å². The van der Waals surface area contributed by atoms with Gasteiger partial charge in [0.1, 0.15) is 0 Å². The van der Waals surface area contributed by atoms with Gasteiger partial charge >= 0.3 is 57.4 Å². The Hall–Kier alpha value is 0.126. The van der Waals surface area contributed by atoms with Crippen molar-refractivity contribution in [1.29, 1.82) is 0 Å². The molecule has 1 rings (SSSR count). The van der Waals surface area contributed by atoms with E-state index in [-0.39, 0.29) is 62.7 Å². The summed E-state index contributed by atoms with van der Waals surface area (Å²) in [5.74, 6) is -1.05. The van der Waals surface area contributed by atoms with Crippen molar-refractivity contribution in [2.45, 2.75) is 77.6 Å². The smallest absolute Gasteiger partial charge is 0.872 e. The molecular formula is C19H29KO3. The minimum absolute atomic E-state index is 0. The molecule has 0 amide bonds. The molecule has 0 aliphatic rings. The third-order valence-corrected chi connectivity index (χ3v) is 4.11. The number of unbranched alkanes of at least 4 members (excludes halogenated alkanes) is 9. The normalized spacial score (nSPS) is 10.3. The van der Waals surface area contributed by atoms with Crippen LogP contribution in [0.1, 0.15) is 87.1 Å². The predicted molar refractivity (Wildman–Crippen MR) is 88.4 cm³/mol. The molecule has 23 heavy (non-hydrogen) atoms. The van der Waals surface area contributed by atoms with E-state index in [9.17, 15) is 9.90 Å². The number of carboxylic acids is 1. The first-order chi connectivity index (χ1) is 10.6. The van der Waals surface area contributed by atoms with Crippen LogP contribution < -0.4 is 56.5 Å². The van der Waals surface area contributed by atoms with Crippen molar-refractivity contribution in [1.82, 2.24) is 0 Å². The van der Waals surface area contributed by atoms with Gasteiger partial charge in [-0.05, 0) is 24.5 Å². The Balaban J connectivity index is 0.00000484. The van der Waals surface area contributed by atoms with Crippen molar-refractivity contribution in [2.24, 2.45) is 0 Å². The zero-order valence-electron chi connectivity index (χ0n) is 14.8. The van der Waals surface area contributed by atoms with Gasteiger partial charge < -0.3 is 10.2 Å². The molecule has 124 valence electrons. The molecule has 0 radical (unpaired) electrons. The summed E-state index contributed by atoms with van der Waals surface area (Å²) in [5, 5.41) is 20.5. The first-order valence-electron chi connectivity index (χ1n) is 8.68. The maximum Gasteiger partial charge on any atom is 1.00 e. The van der Waals surface area contributed by atoms with Crippen molar-refractivity contribution in [3.63, 3.8) is 0 Å². The molecule has 0 atom stereocenters. The predicted octanol–water partition coefficient (Wildman–Crippen LogP) is 1.93. The topological polar surface area (TPSA) is 60.4 Å². The second kappa shape index (κ2) is 14.5. The van der Waals surface area contributed by atoms with Gasteiger partial charge in [0.15, 0.2) is 0 Å². The summed E-state index contributed by atoms with van der Waals surface area (Å²) >= 11 is 0. The molecule has 1 aromatic rings. The molecule has 1 aromatic carbocycles. The number of carboxylic acid groups (broad SMARTS) is 1. The Kier molecular flexibility index (Phi) is 14.5. The molecule has 0 unspecified atom stereocenters. The van der Waals surface area contributed by atoms with E-state index in [0.717, 1.165) is 12.8 Å². The zero-order chi connectivity index (χ0) is 16.2. The molecule has 3 nitrogen and oxygen atoms in total. The maximum absolute atomic E-state index is 11.4. The van der Waals surface area contributed by atoms with E-state index in [1.165, 1.54) is 69.6 Å². The maximum atomic E-state index is 11.4. The van der Waals surface area contributed by atoms with Gasteiger partial charge in [-0.3, -0.25) is 0 Å². The molecule has 0 bridgehead atoms. The molecule has 0 fully saturated rings. The molecule has 0 saturated heterocycles. The Morgan fingerprint density at radius 1 is 0.957 bits per heavy atom. The van der Waals surface area contributed by atoms with Gasteiger partial charge in [-0.25, -0.2) is 4.79 Å². The molecule has 1 N–H and O–H groups in total. The van der Waals surface area contributed by atoms with Crippen molar-refractivity contribution in [3.05, 3.63) is 29.3 Å². The molecule has 0 spiro atoms. The Bertz CT molecular complexity index is 446. The van der Waals surface area contributed by atoms with Gasteiger partial charge in [0.05, 0.1) is 5.56 Å². The summed E-state index contributed by atoms with van der Waals surface area (Å²) < 4.78 is 0. The van der Waals surface area contributed by atoms with Crippen LogP contribution in [-0.2, 0) is 6.42 Å². The van der Waals surface area contributed by atoms with E-state index < -0.39 is 5.97 Å². The van der Waals surface area contributed by atoms with E-state index in [2.05, 4.69) is 6.92 Å². The Morgan fingerprint density at radius 2 is 1.48 bits per heavy atom. The van der Waals surface area contributed by atoms with E-state index in [4.69, 9.17) is 5.11 Å². The number of hydrogen-bond donors (Lipinski definition) is 1. The monoisotopic (exact) mass is 344 g/mol. The van der Waals surface area contributed by atoms with Gasteiger partial charge in [-0.15, -0.1) is 5.75 Å². The second-order valence-electron chi connectivity index (χ2n) is 6.06. The van der Waals surface area contributed by atoms with Crippen LogP contribution in [0.25, 0.3) is 0 Å². The number of hydrogen-bond acceptors (Lipinski definition) is 2. The average molecular weight is 345 g/mol. The summed E-state index contributed by atoms with van der Waals surface area (Å²) in [6.45, 7) is 2.23. The van der Waals surface area contributed by atoms with E-state index in [0.29, 0.717) is 12.0 Å². The summed E-state index contributed by atoms with van der Waals surface area (Å²) in [6.07, 6.45) is 13.2. The molecular weight excluding hydrogens is 315 g/mol. The number of benzene rings is 1. The Morgan fingerprint density at radius 3 is 2.00 bits per heavy atom. The third-order valence-electron chi connectivity index (χ3n) is 4.11. The molecule has 0 aliphatic carbocycles. The number of aryl methyl sites for hydroxylation is 1. The fraction of sp³-hybridized carbons (Fsp3) is 0.632. The van der Waals surface area contributed by atoms with Crippen LogP contribution >= 0.6 is 0 Å². The molecule has 0 heterocycles. The largest absolute Gasteiger partial charge is 1.00 e. The van der Waals surface area contributed by atoms with E-state index in [1.54, 1.807) is 0 Å². The number of aromatic carboxylic acids is 1. The molecule has 0 aromatic heterocycles. The number of rotatable bonds is 12. The fourth-order valence-corrected chi connectivity index (χ4v) is 2.79. The van der Waals surface area contributed by atoms with Crippen molar-refractivity contribution >= 4 is 5.97 Å². The summed E-state index contributed by atoms with van der Waals surface area (Å²) in [6, 6.07) is 4.22. The molecule has 0 aliphatic heterocycles. The van der Waals surface area contributed by atoms with Crippen LogP contribution in [0.15, 0.2) is 18.2 Å². The number of carbonyl (C=O) groups is 1. The van der Waals surface area contributed by atoms with Crippen LogP contribution in [0.4, 0.5) is 0 Å². The summed E-state index contributed by atoms with van der Waals surface area (Å²) in [7, 11) is 0. The molecule has 0 saturated carbocycles. The molecule has 4 heteroatoms. The first-order valence-corrected chi connectivity index (χ1v) is 8.68. The van der Waals surface area contributed by atoms with E-state index >= 15 is 0 Å². The van der Waals surface area contributed by atoms with Crippen molar-refractivity contribution in [3.8, 4) is 5.75 Å². The van der Waals surface area contributed by atoms with Crippen molar-refractivity contribution < 1.29 is 66.4 Å². The fourth-order valence-electron chi connectivity index (χ4n) is 2.79. The van der Waals surface area contributed by atoms with Crippen LogP contribution in [-0.4, -0.2) is 11.1 Å². The van der Waals surface area contributed by atoms with Crippen LogP contribution in [0.5, 0.6) is 5.75 Å². The van der Waals surface area contributed by atoms with Gasteiger partial charge in [0.2, 0.25) is 0 Å². The van der Waals surface area contributed by atoms with Crippen LogP contribution in [0.3, 0.4) is 0 Å². The third kappa shape index (κ3) is 10.6. The van der Waals surface area contributed by atoms with E-state index in [1.807, 2.05) is 0 Å². The zero-order valence-corrected chi connectivity index (χ0v) is 17.9. The van der Waals surface area contributed by atoms with Gasteiger partial charge in [0.25, 0.3) is 0 Å². The van der Waals surface area contributed by atoms with Crippen molar-refractivity contribution in [2.75, 3.05) is 0 Å². The second-order valence-corrected chi connectivity index (χ2v) is 6.06. The quantitative estimate of drug-likeness (QED) is 0.465.